The Hall–Kier alpha value is -2.75. The fraction of sp³-hybridized carbons (Fsp3) is 0.423. The predicted octanol–water partition coefficient (Wildman–Crippen LogP) is 5.66. The van der Waals surface area contributed by atoms with Gasteiger partial charge in [0.25, 0.3) is 0 Å². The topological polar surface area (TPSA) is 45.3 Å². The van der Waals surface area contributed by atoms with Crippen molar-refractivity contribution < 1.29 is 9.53 Å². The zero-order valence-electron chi connectivity index (χ0n) is 18.3. The molecule has 30 heavy (non-hydrogen) atoms. The molecule has 0 unspecified atom stereocenters. The number of carbonyl (C=O) groups is 1. The van der Waals surface area contributed by atoms with Gasteiger partial charge in [0.2, 0.25) is 5.91 Å². The molecule has 4 nitrogen and oxygen atoms in total. The van der Waals surface area contributed by atoms with Crippen molar-refractivity contribution in [1.82, 2.24) is 9.88 Å². The molecule has 158 valence electrons. The molecule has 0 spiro atoms. The van der Waals surface area contributed by atoms with E-state index in [-0.39, 0.29) is 5.91 Å². The second-order valence-corrected chi connectivity index (χ2v) is 8.63. The second-order valence-electron chi connectivity index (χ2n) is 8.63. The van der Waals surface area contributed by atoms with Gasteiger partial charge >= 0.3 is 0 Å². The lowest BCUT2D eigenvalue weighted by Gasteiger charge is -2.32. The first-order chi connectivity index (χ1) is 14.5. The third kappa shape index (κ3) is 4.53. The molecule has 1 amide bonds. The molecular weight excluding hydrogens is 372 g/mol. The highest BCUT2D eigenvalue weighted by Gasteiger charge is 2.26. The molecule has 0 bridgehead atoms. The first-order valence-corrected chi connectivity index (χ1v) is 11.1. The number of amides is 1. The van der Waals surface area contributed by atoms with Crippen LogP contribution in [-0.2, 0) is 4.79 Å². The summed E-state index contributed by atoms with van der Waals surface area (Å²) >= 11 is 0. The van der Waals surface area contributed by atoms with Crippen LogP contribution >= 0.6 is 0 Å². The Morgan fingerprint density at radius 3 is 2.47 bits per heavy atom. The van der Waals surface area contributed by atoms with Gasteiger partial charge in [0.05, 0.1) is 6.61 Å². The van der Waals surface area contributed by atoms with Gasteiger partial charge in [-0.05, 0) is 69.9 Å². The van der Waals surface area contributed by atoms with E-state index in [0.29, 0.717) is 18.9 Å². The molecule has 1 N–H and O–H groups in total. The van der Waals surface area contributed by atoms with Crippen LogP contribution in [0, 0.1) is 20.8 Å². The Balaban J connectivity index is 1.25. The van der Waals surface area contributed by atoms with Crippen LogP contribution in [0.1, 0.15) is 54.0 Å². The largest absolute Gasteiger partial charge is 0.494 e. The Bertz CT molecular complexity index is 1010. The summed E-state index contributed by atoms with van der Waals surface area (Å²) in [5.41, 5.74) is 6.46. The van der Waals surface area contributed by atoms with E-state index in [1.54, 1.807) is 0 Å². The minimum absolute atomic E-state index is 0.255. The van der Waals surface area contributed by atoms with Gasteiger partial charge < -0.3 is 14.6 Å². The van der Waals surface area contributed by atoms with Crippen molar-refractivity contribution in [3.05, 3.63) is 64.8 Å². The van der Waals surface area contributed by atoms with Crippen molar-refractivity contribution in [2.45, 2.75) is 52.4 Å². The molecule has 1 saturated heterocycles. The molecule has 4 heteroatoms. The zero-order valence-corrected chi connectivity index (χ0v) is 18.3. The smallest absolute Gasteiger partial charge is 0.222 e. The average molecular weight is 405 g/mol. The lowest BCUT2D eigenvalue weighted by Crippen LogP contribution is -2.38. The number of nitrogens with zero attached hydrogens (tertiary/aromatic N) is 1. The zero-order chi connectivity index (χ0) is 21.1. The number of carbonyl (C=O) groups excluding carboxylic acids is 1. The Morgan fingerprint density at radius 2 is 1.73 bits per heavy atom. The van der Waals surface area contributed by atoms with Gasteiger partial charge in [-0.3, -0.25) is 4.79 Å². The highest BCUT2D eigenvalue weighted by molar-refractivity contribution is 5.85. The van der Waals surface area contributed by atoms with Crippen LogP contribution in [0.2, 0.25) is 0 Å². The average Bonchev–Trinajstić information content (AvgIpc) is 3.08. The van der Waals surface area contributed by atoms with Gasteiger partial charge in [0.1, 0.15) is 5.75 Å². The van der Waals surface area contributed by atoms with Crippen molar-refractivity contribution in [1.29, 1.82) is 0 Å². The van der Waals surface area contributed by atoms with Crippen LogP contribution in [0.25, 0.3) is 10.9 Å². The maximum absolute atomic E-state index is 12.6. The number of aryl methyl sites for hydroxylation is 3. The minimum atomic E-state index is 0.255. The van der Waals surface area contributed by atoms with Gasteiger partial charge in [-0.15, -0.1) is 0 Å². The maximum atomic E-state index is 12.6. The highest BCUT2D eigenvalue weighted by atomic mass is 16.5. The van der Waals surface area contributed by atoms with Crippen LogP contribution in [0.5, 0.6) is 5.75 Å². The van der Waals surface area contributed by atoms with E-state index in [1.807, 2.05) is 29.2 Å². The van der Waals surface area contributed by atoms with Gasteiger partial charge in [-0.2, -0.15) is 0 Å². The van der Waals surface area contributed by atoms with Crippen LogP contribution in [0.4, 0.5) is 0 Å². The maximum Gasteiger partial charge on any atom is 0.222 e. The minimum Gasteiger partial charge on any atom is -0.494 e. The number of aromatic nitrogens is 1. The molecule has 0 aliphatic carbocycles. The molecule has 0 saturated carbocycles. The Kier molecular flexibility index (Phi) is 6.12. The molecule has 4 rings (SSSR count). The Labute approximate surface area is 179 Å². The van der Waals surface area contributed by atoms with Crippen LogP contribution < -0.4 is 4.74 Å². The molecule has 1 fully saturated rings. The van der Waals surface area contributed by atoms with Crippen molar-refractivity contribution in [3.63, 3.8) is 0 Å². The standard InChI is InChI=1S/C26H32N2O2/c1-18-6-9-22(10-7-18)30-16-4-5-25(29)28-14-12-21(13-15-28)26-20(3)23-17-19(2)8-11-24(23)27-26/h6-11,17,21,27H,4-5,12-16H2,1-3H3. The highest BCUT2D eigenvalue weighted by Crippen LogP contribution is 2.34. The summed E-state index contributed by atoms with van der Waals surface area (Å²) < 4.78 is 5.75. The lowest BCUT2D eigenvalue weighted by atomic mass is 9.91. The molecule has 0 atom stereocenters. The summed E-state index contributed by atoms with van der Waals surface area (Å²) in [7, 11) is 0. The number of aromatic amines is 1. The lowest BCUT2D eigenvalue weighted by molar-refractivity contribution is -0.132. The number of ether oxygens (including phenoxy) is 1. The first-order valence-electron chi connectivity index (χ1n) is 11.1. The van der Waals surface area contributed by atoms with Crippen LogP contribution in [0.15, 0.2) is 42.5 Å². The van der Waals surface area contributed by atoms with Gasteiger partial charge in [-0.25, -0.2) is 0 Å². The predicted molar refractivity (Wildman–Crippen MR) is 122 cm³/mol. The summed E-state index contributed by atoms with van der Waals surface area (Å²) in [6.07, 6.45) is 3.37. The van der Waals surface area contributed by atoms with Gasteiger partial charge in [0, 0.05) is 42.0 Å². The van der Waals surface area contributed by atoms with E-state index in [4.69, 9.17) is 4.74 Å². The summed E-state index contributed by atoms with van der Waals surface area (Å²) in [6.45, 7) is 8.69. The number of hydrogen-bond donors (Lipinski definition) is 1. The molecular formula is C26H32N2O2. The summed E-state index contributed by atoms with van der Waals surface area (Å²) in [4.78, 5) is 18.3. The van der Waals surface area contributed by atoms with Gasteiger partial charge in [-0.1, -0.05) is 29.3 Å². The SMILES string of the molecule is Cc1ccc(OCCCC(=O)N2CCC(c3[nH]c4ccc(C)cc4c3C)CC2)cc1. The van der Waals surface area contributed by atoms with Crippen molar-refractivity contribution in [2.24, 2.45) is 0 Å². The fourth-order valence-corrected chi connectivity index (χ4v) is 4.49. The number of fused-ring (bicyclic) bond motifs is 1. The first kappa shape index (κ1) is 20.5. The van der Waals surface area contributed by atoms with Crippen LogP contribution in [0.3, 0.4) is 0 Å². The van der Waals surface area contributed by atoms with E-state index >= 15 is 0 Å². The van der Waals surface area contributed by atoms with Crippen LogP contribution in [-0.4, -0.2) is 35.5 Å². The number of piperidine rings is 1. The molecule has 2 heterocycles. The molecule has 1 aliphatic rings. The third-order valence-corrected chi connectivity index (χ3v) is 6.33. The van der Waals surface area contributed by atoms with E-state index in [9.17, 15) is 4.79 Å². The van der Waals surface area contributed by atoms with Crippen molar-refractivity contribution in [2.75, 3.05) is 19.7 Å². The molecule has 2 aromatic carbocycles. The van der Waals surface area contributed by atoms with Crippen molar-refractivity contribution in [3.8, 4) is 5.75 Å². The van der Waals surface area contributed by atoms with Gasteiger partial charge in [0.15, 0.2) is 0 Å². The number of hydrogen-bond acceptors (Lipinski definition) is 2. The molecule has 0 radical (unpaired) electrons. The molecule has 1 aliphatic heterocycles. The quantitative estimate of drug-likeness (QED) is 0.539. The summed E-state index contributed by atoms with van der Waals surface area (Å²) in [5, 5.41) is 1.33. The number of benzene rings is 2. The number of nitrogens with one attached hydrogen (secondary N) is 1. The molecule has 1 aromatic heterocycles. The van der Waals surface area contributed by atoms with Crippen molar-refractivity contribution >= 4 is 16.8 Å². The number of rotatable bonds is 6. The number of H-pyrrole nitrogens is 1. The van der Waals surface area contributed by atoms with E-state index in [2.05, 4.69) is 44.0 Å². The normalized spacial score (nSPS) is 15.0. The summed E-state index contributed by atoms with van der Waals surface area (Å²) in [5.74, 6) is 1.63. The Morgan fingerprint density at radius 1 is 1.03 bits per heavy atom. The molecule has 3 aromatic rings. The third-order valence-electron chi connectivity index (χ3n) is 6.33. The number of likely N-dealkylation sites (tertiary alicyclic amines) is 1. The second kappa shape index (κ2) is 8.95. The monoisotopic (exact) mass is 404 g/mol. The summed E-state index contributed by atoms with van der Waals surface area (Å²) in [6, 6.07) is 14.7. The van der Waals surface area contributed by atoms with E-state index in [1.165, 1.54) is 33.3 Å². The van der Waals surface area contributed by atoms with E-state index < -0.39 is 0 Å². The van der Waals surface area contributed by atoms with E-state index in [0.717, 1.165) is 38.1 Å². The fourth-order valence-electron chi connectivity index (χ4n) is 4.49.